The molecule has 0 atom stereocenters. The Bertz CT molecular complexity index is 260. The number of nitrogens with zero attached hydrogens (tertiary/aromatic N) is 2. The quantitative estimate of drug-likeness (QED) is 0.634. The van der Waals surface area contributed by atoms with Gasteiger partial charge < -0.3 is 15.5 Å². The third kappa shape index (κ3) is 5.33. The Morgan fingerprint density at radius 3 is 2.61 bits per heavy atom. The molecule has 2 rings (SSSR count). The molecule has 2 aliphatic rings. The Kier molecular flexibility index (Phi) is 5.41. The van der Waals surface area contributed by atoms with E-state index < -0.39 is 0 Å². The summed E-state index contributed by atoms with van der Waals surface area (Å²) in [5.74, 6) is 0.966. The van der Waals surface area contributed by atoms with Crippen molar-refractivity contribution in [1.29, 1.82) is 0 Å². The van der Waals surface area contributed by atoms with Gasteiger partial charge in [-0.2, -0.15) is 0 Å². The van der Waals surface area contributed by atoms with E-state index in [-0.39, 0.29) is 5.91 Å². The van der Waals surface area contributed by atoms with Crippen LogP contribution < -0.4 is 10.6 Å². The fourth-order valence-corrected chi connectivity index (χ4v) is 2.20. The lowest BCUT2D eigenvalue weighted by Gasteiger charge is -2.32. The second kappa shape index (κ2) is 7.07. The van der Waals surface area contributed by atoms with Gasteiger partial charge in [-0.1, -0.05) is 0 Å². The molecule has 0 radical (unpaired) electrons. The summed E-state index contributed by atoms with van der Waals surface area (Å²) in [7, 11) is 2.16. The predicted octanol–water partition coefficient (Wildman–Crippen LogP) is -0.650. The van der Waals surface area contributed by atoms with E-state index in [1.54, 1.807) is 0 Å². The van der Waals surface area contributed by atoms with E-state index in [4.69, 9.17) is 0 Å². The second-order valence-corrected chi connectivity index (χ2v) is 5.57. The van der Waals surface area contributed by atoms with Gasteiger partial charge in [-0.05, 0) is 32.4 Å². The molecule has 0 bridgehead atoms. The van der Waals surface area contributed by atoms with Crippen LogP contribution in [0, 0.1) is 5.92 Å². The number of piperazine rings is 1. The van der Waals surface area contributed by atoms with Crippen molar-refractivity contribution in [3.8, 4) is 0 Å². The normalized spacial score (nSPS) is 22.1. The molecule has 18 heavy (non-hydrogen) atoms. The molecule has 0 aromatic rings. The smallest absolute Gasteiger partial charge is 0.234 e. The van der Waals surface area contributed by atoms with E-state index in [0.717, 1.165) is 51.7 Å². The molecule has 5 nitrogen and oxygen atoms in total. The molecule has 5 heteroatoms. The van der Waals surface area contributed by atoms with Crippen LogP contribution in [0.4, 0.5) is 0 Å². The van der Waals surface area contributed by atoms with Crippen LogP contribution >= 0.6 is 0 Å². The number of nitrogens with one attached hydrogen (secondary N) is 2. The van der Waals surface area contributed by atoms with Gasteiger partial charge in [0.25, 0.3) is 0 Å². The highest BCUT2D eigenvalue weighted by Crippen LogP contribution is 2.27. The summed E-state index contributed by atoms with van der Waals surface area (Å²) in [5, 5.41) is 6.19. The minimum Gasteiger partial charge on any atom is -0.354 e. The van der Waals surface area contributed by atoms with Gasteiger partial charge in [-0.3, -0.25) is 9.69 Å². The molecular weight excluding hydrogens is 228 g/mol. The number of likely N-dealkylation sites (N-methyl/N-ethyl adjacent to an activating group) is 1. The Morgan fingerprint density at radius 2 is 1.94 bits per heavy atom. The SMILES string of the molecule is CN1CCN(CCNC(=O)CNCC2CC2)CC1. The zero-order valence-corrected chi connectivity index (χ0v) is 11.5. The van der Waals surface area contributed by atoms with E-state index in [0.29, 0.717) is 6.54 Å². The van der Waals surface area contributed by atoms with Gasteiger partial charge in [0, 0.05) is 39.3 Å². The number of carbonyl (C=O) groups excluding carboxylic acids is 1. The summed E-state index contributed by atoms with van der Waals surface area (Å²) in [5.41, 5.74) is 0. The van der Waals surface area contributed by atoms with Crippen LogP contribution in [0.25, 0.3) is 0 Å². The van der Waals surface area contributed by atoms with Crippen LogP contribution in [0.2, 0.25) is 0 Å². The van der Waals surface area contributed by atoms with Gasteiger partial charge in [-0.25, -0.2) is 0 Å². The minimum absolute atomic E-state index is 0.129. The van der Waals surface area contributed by atoms with Crippen LogP contribution in [0.1, 0.15) is 12.8 Å². The maximum Gasteiger partial charge on any atom is 0.234 e. The van der Waals surface area contributed by atoms with E-state index in [1.165, 1.54) is 12.8 Å². The highest BCUT2D eigenvalue weighted by atomic mass is 16.1. The molecule has 1 aliphatic carbocycles. The number of amides is 1. The van der Waals surface area contributed by atoms with Crippen molar-refractivity contribution in [3.05, 3.63) is 0 Å². The lowest BCUT2D eigenvalue weighted by Crippen LogP contribution is -2.47. The molecule has 1 aliphatic heterocycles. The van der Waals surface area contributed by atoms with Gasteiger partial charge in [-0.15, -0.1) is 0 Å². The third-order valence-electron chi connectivity index (χ3n) is 3.76. The van der Waals surface area contributed by atoms with Gasteiger partial charge in [0.15, 0.2) is 0 Å². The number of rotatable bonds is 7. The van der Waals surface area contributed by atoms with Gasteiger partial charge in [0.05, 0.1) is 6.54 Å². The summed E-state index contributed by atoms with van der Waals surface area (Å²) in [6.07, 6.45) is 2.66. The number of hydrogen-bond acceptors (Lipinski definition) is 4. The number of hydrogen-bond donors (Lipinski definition) is 2. The molecule has 0 spiro atoms. The first-order chi connectivity index (χ1) is 8.74. The molecule has 1 saturated carbocycles. The standard InChI is InChI=1S/C13H26N4O/c1-16-6-8-17(9-7-16)5-4-15-13(18)11-14-10-12-2-3-12/h12,14H,2-11H2,1H3,(H,15,18). The fourth-order valence-electron chi connectivity index (χ4n) is 2.20. The second-order valence-electron chi connectivity index (χ2n) is 5.57. The van der Waals surface area contributed by atoms with Crippen LogP contribution in [-0.2, 0) is 4.79 Å². The van der Waals surface area contributed by atoms with Gasteiger partial charge in [0.1, 0.15) is 0 Å². The van der Waals surface area contributed by atoms with Crippen molar-refractivity contribution >= 4 is 5.91 Å². The van der Waals surface area contributed by atoms with E-state index in [1.807, 2.05) is 0 Å². The molecule has 1 saturated heterocycles. The van der Waals surface area contributed by atoms with Crippen molar-refractivity contribution in [3.63, 3.8) is 0 Å². The van der Waals surface area contributed by atoms with Crippen LogP contribution in [0.5, 0.6) is 0 Å². The molecule has 0 aromatic carbocycles. The first kappa shape index (κ1) is 13.8. The molecule has 2 N–H and O–H groups in total. The zero-order valence-electron chi connectivity index (χ0n) is 11.5. The van der Waals surface area contributed by atoms with Crippen LogP contribution in [-0.4, -0.2) is 75.1 Å². The summed E-state index contributed by atoms with van der Waals surface area (Å²) < 4.78 is 0. The monoisotopic (exact) mass is 254 g/mol. The van der Waals surface area contributed by atoms with E-state index >= 15 is 0 Å². The van der Waals surface area contributed by atoms with Crippen LogP contribution in [0.3, 0.4) is 0 Å². The summed E-state index contributed by atoms with van der Waals surface area (Å²) in [6, 6.07) is 0. The maximum absolute atomic E-state index is 11.5. The lowest BCUT2D eigenvalue weighted by atomic mass is 10.3. The average Bonchev–Trinajstić information content (AvgIpc) is 3.16. The highest BCUT2D eigenvalue weighted by molar-refractivity contribution is 5.77. The minimum atomic E-state index is 0.129. The van der Waals surface area contributed by atoms with Crippen molar-refractivity contribution in [1.82, 2.24) is 20.4 Å². The zero-order chi connectivity index (χ0) is 12.8. The van der Waals surface area contributed by atoms with Crippen molar-refractivity contribution < 1.29 is 4.79 Å². The first-order valence-corrected chi connectivity index (χ1v) is 7.12. The summed E-state index contributed by atoms with van der Waals surface area (Å²) >= 11 is 0. The Morgan fingerprint density at radius 1 is 1.22 bits per heavy atom. The Balaban J connectivity index is 1.45. The van der Waals surface area contributed by atoms with E-state index in [2.05, 4.69) is 27.5 Å². The molecule has 0 aromatic heterocycles. The number of carbonyl (C=O) groups is 1. The van der Waals surface area contributed by atoms with Crippen LogP contribution in [0.15, 0.2) is 0 Å². The van der Waals surface area contributed by atoms with Gasteiger partial charge in [0.2, 0.25) is 5.91 Å². The molecule has 0 unspecified atom stereocenters. The maximum atomic E-state index is 11.5. The molecule has 1 heterocycles. The molecular formula is C13H26N4O. The molecule has 1 amide bonds. The Hall–Kier alpha value is -0.650. The summed E-state index contributed by atoms with van der Waals surface area (Å²) in [4.78, 5) is 16.3. The predicted molar refractivity (Wildman–Crippen MR) is 72.5 cm³/mol. The highest BCUT2D eigenvalue weighted by Gasteiger charge is 2.20. The van der Waals surface area contributed by atoms with Crippen molar-refractivity contribution in [2.75, 3.05) is 59.4 Å². The van der Waals surface area contributed by atoms with E-state index in [9.17, 15) is 4.79 Å². The van der Waals surface area contributed by atoms with Crippen molar-refractivity contribution in [2.45, 2.75) is 12.8 Å². The topological polar surface area (TPSA) is 47.6 Å². The average molecular weight is 254 g/mol. The van der Waals surface area contributed by atoms with Gasteiger partial charge >= 0.3 is 0 Å². The lowest BCUT2D eigenvalue weighted by molar-refractivity contribution is -0.120. The fraction of sp³-hybridized carbons (Fsp3) is 0.923. The molecule has 104 valence electrons. The first-order valence-electron chi connectivity index (χ1n) is 7.12. The largest absolute Gasteiger partial charge is 0.354 e. The molecule has 2 fully saturated rings. The third-order valence-corrected chi connectivity index (χ3v) is 3.76. The Labute approximate surface area is 110 Å². The van der Waals surface area contributed by atoms with Crippen molar-refractivity contribution in [2.24, 2.45) is 5.92 Å². The summed E-state index contributed by atoms with van der Waals surface area (Å²) in [6.45, 7) is 7.73.